The second-order valence-corrected chi connectivity index (χ2v) is 7.47. The van der Waals surface area contributed by atoms with Crippen molar-refractivity contribution in [1.29, 1.82) is 0 Å². The number of hydrogen-bond donors (Lipinski definition) is 2. The normalized spacial score (nSPS) is 23.6. The molecule has 0 radical (unpaired) electrons. The molecule has 0 aliphatic heterocycles. The molecule has 0 bridgehead atoms. The van der Waals surface area contributed by atoms with Gasteiger partial charge in [-0.1, -0.05) is 0 Å². The lowest BCUT2D eigenvalue weighted by Crippen LogP contribution is -2.24. The van der Waals surface area contributed by atoms with Gasteiger partial charge in [-0.25, -0.2) is 4.98 Å². The first-order chi connectivity index (χ1) is 11.2. The molecule has 0 spiro atoms. The van der Waals surface area contributed by atoms with Crippen molar-refractivity contribution in [3.8, 4) is 0 Å². The summed E-state index contributed by atoms with van der Waals surface area (Å²) in [5.41, 5.74) is 8.86. The van der Waals surface area contributed by atoms with E-state index in [1.165, 1.54) is 4.70 Å². The van der Waals surface area contributed by atoms with Crippen LogP contribution in [-0.2, 0) is 0 Å². The average Bonchev–Trinajstić information content (AvgIpc) is 3.18. The molecule has 3 aromatic rings. The lowest BCUT2D eigenvalue weighted by molar-refractivity contribution is 0.175. The van der Waals surface area contributed by atoms with E-state index in [9.17, 15) is 5.11 Å². The lowest BCUT2D eigenvalue weighted by Gasteiger charge is -2.30. The molecule has 1 fully saturated rings. The van der Waals surface area contributed by atoms with Gasteiger partial charge in [-0.15, -0.1) is 11.3 Å². The molecule has 5 nitrogen and oxygen atoms in total. The predicted octanol–water partition coefficient (Wildman–Crippen LogP) is 3.39. The van der Waals surface area contributed by atoms with Crippen molar-refractivity contribution in [1.82, 2.24) is 14.5 Å². The highest BCUT2D eigenvalue weighted by Crippen LogP contribution is 2.38. The van der Waals surface area contributed by atoms with Crippen LogP contribution < -0.4 is 5.73 Å². The Bertz CT molecular complexity index is 830. The van der Waals surface area contributed by atoms with E-state index in [0.717, 1.165) is 54.6 Å². The maximum absolute atomic E-state index is 10.2. The molecule has 1 aliphatic carbocycles. The highest BCUT2D eigenvalue weighted by Gasteiger charge is 2.27. The van der Waals surface area contributed by atoms with Gasteiger partial charge in [0.15, 0.2) is 0 Å². The quantitative estimate of drug-likeness (QED) is 0.772. The fourth-order valence-corrected chi connectivity index (χ4v) is 4.69. The van der Waals surface area contributed by atoms with Crippen molar-refractivity contribution in [3.05, 3.63) is 23.5 Å². The Labute approximate surface area is 139 Å². The van der Waals surface area contributed by atoms with Crippen LogP contribution in [0.1, 0.15) is 50.6 Å². The van der Waals surface area contributed by atoms with E-state index in [1.54, 1.807) is 18.3 Å². The molecule has 1 atom stereocenters. The standard InChI is InChI=1S/C17H22N4OS/c1-10(22)17-20-14-9-19-13-6-7-23-16(13)15(14)21(17)12-4-2-11(8-18)3-5-12/h6-7,9-12,22H,2-5,8,18H2,1H3/t10-,11-,12+/m1/s1. The summed E-state index contributed by atoms with van der Waals surface area (Å²) in [6.45, 7) is 2.57. The summed E-state index contributed by atoms with van der Waals surface area (Å²) in [7, 11) is 0. The SMILES string of the molecule is C[C@@H](O)c1nc2cnc3ccsc3c2n1[C@H]1CC[C@@H](CN)CC1. The number of aliphatic hydroxyl groups excluding tert-OH is 1. The average molecular weight is 330 g/mol. The van der Waals surface area contributed by atoms with E-state index >= 15 is 0 Å². The van der Waals surface area contributed by atoms with Crippen LogP contribution in [0, 0.1) is 5.92 Å². The zero-order valence-electron chi connectivity index (χ0n) is 13.3. The zero-order valence-corrected chi connectivity index (χ0v) is 14.1. The van der Waals surface area contributed by atoms with Crippen LogP contribution >= 0.6 is 11.3 Å². The van der Waals surface area contributed by atoms with E-state index in [-0.39, 0.29) is 0 Å². The van der Waals surface area contributed by atoms with E-state index in [1.807, 2.05) is 12.3 Å². The van der Waals surface area contributed by atoms with Crippen LogP contribution in [-0.4, -0.2) is 26.2 Å². The highest BCUT2D eigenvalue weighted by atomic mass is 32.1. The lowest BCUT2D eigenvalue weighted by atomic mass is 9.86. The number of aromatic nitrogens is 3. The number of hydrogen-bond acceptors (Lipinski definition) is 5. The summed E-state index contributed by atoms with van der Waals surface area (Å²) in [5, 5.41) is 12.3. The second kappa shape index (κ2) is 5.85. The van der Waals surface area contributed by atoms with Crippen molar-refractivity contribution in [3.63, 3.8) is 0 Å². The first-order valence-corrected chi connectivity index (χ1v) is 9.19. The van der Waals surface area contributed by atoms with Crippen molar-refractivity contribution < 1.29 is 5.11 Å². The van der Waals surface area contributed by atoms with Gasteiger partial charge in [0.25, 0.3) is 0 Å². The Morgan fingerprint density at radius 1 is 1.35 bits per heavy atom. The third kappa shape index (κ3) is 2.45. The van der Waals surface area contributed by atoms with Gasteiger partial charge in [-0.05, 0) is 56.5 Å². The van der Waals surface area contributed by atoms with Crippen LogP contribution in [0.5, 0.6) is 0 Å². The van der Waals surface area contributed by atoms with Crippen LogP contribution in [0.3, 0.4) is 0 Å². The largest absolute Gasteiger partial charge is 0.385 e. The van der Waals surface area contributed by atoms with Crippen LogP contribution in [0.15, 0.2) is 17.6 Å². The third-order valence-electron chi connectivity index (χ3n) is 5.04. The zero-order chi connectivity index (χ0) is 16.0. The van der Waals surface area contributed by atoms with Gasteiger partial charge in [0, 0.05) is 6.04 Å². The first-order valence-electron chi connectivity index (χ1n) is 8.31. The summed E-state index contributed by atoms with van der Waals surface area (Å²) >= 11 is 1.70. The fourth-order valence-electron chi connectivity index (χ4n) is 3.80. The molecule has 1 aliphatic rings. The minimum Gasteiger partial charge on any atom is -0.385 e. The maximum atomic E-state index is 10.2. The minimum atomic E-state index is -0.579. The van der Waals surface area contributed by atoms with Crippen molar-refractivity contribution in [2.24, 2.45) is 11.7 Å². The molecule has 1 saturated carbocycles. The number of nitrogens with zero attached hydrogens (tertiary/aromatic N) is 3. The smallest absolute Gasteiger partial charge is 0.138 e. The van der Waals surface area contributed by atoms with E-state index < -0.39 is 6.10 Å². The van der Waals surface area contributed by atoms with Gasteiger partial charge in [0.05, 0.1) is 21.9 Å². The number of rotatable bonds is 3. The van der Waals surface area contributed by atoms with E-state index in [4.69, 9.17) is 5.73 Å². The third-order valence-corrected chi connectivity index (χ3v) is 5.95. The Hall–Kier alpha value is -1.50. The van der Waals surface area contributed by atoms with Gasteiger partial charge < -0.3 is 15.4 Å². The van der Waals surface area contributed by atoms with Crippen molar-refractivity contribution in [2.75, 3.05) is 6.54 Å². The summed E-state index contributed by atoms with van der Waals surface area (Å²) in [6.07, 6.45) is 5.75. The van der Waals surface area contributed by atoms with Crippen LogP contribution in [0.25, 0.3) is 21.3 Å². The molecule has 3 aromatic heterocycles. The van der Waals surface area contributed by atoms with Gasteiger partial charge in [0.1, 0.15) is 17.4 Å². The molecule has 122 valence electrons. The van der Waals surface area contributed by atoms with Gasteiger partial charge in [-0.2, -0.15) is 0 Å². The number of fused-ring (bicyclic) bond motifs is 3. The highest BCUT2D eigenvalue weighted by molar-refractivity contribution is 7.18. The molecule has 3 N–H and O–H groups in total. The Kier molecular flexibility index (Phi) is 3.83. The first kappa shape index (κ1) is 15.1. The Balaban J connectivity index is 1.88. The summed E-state index contributed by atoms with van der Waals surface area (Å²) < 4.78 is 3.45. The molecular formula is C17H22N4OS. The van der Waals surface area contributed by atoms with Gasteiger partial charge in [-0.3, -0.25) is 4.98 Å². The monoisotopic (exact) mass is 330 g/mol. The maximum Gasteiger partial charge on any atom is 0.138 e. The van der Waals surface area contributed by atoms with Gasteiger partial charge >= 0.3 is 0 Å². The molecular weight excluding hydrogens is 308 g/mol. The summed E-state index contributed by atoms with van der Waals surface area (Å²) in [5.74, 6) is 1.40. The minimum absolute atomic E-state index is 0.389. The Morgan fingerprint density at radius 3 is 2.83 bits per heavy atom. The van der Waals surface area contributed by atoms with Gasteiger partial charge in [0.2, 0.25) is 0 Å². The summed E-state index contributed by atoms with van der Waals surface area (Å²) in [4.78, 5) is 9.18. The number of thiophene rings is 1. The fraction of sp³-hybridized carbons (Fsp3) is 0.529. The topological polar surface area (TPSA) is 77.0 Å². The Morgan fingerprint density at radius 2 is 2.13 bits per heavy atom. The number of pyridine rings is 1. The molecule has 3 heterocycles. The molecule has 4 rings (SSSR count). The predicted molar refractivity (Wildman–Crippen MR) is 93.6 cm³/mol. The van der Waals surface area contributed by atoms with Crippen molar-refractivity contribution in [2.45, 2.75) is 44.8 Å². The summed E-state index contributed by atoms with van der Waals surface area (Å²) in [6, 6.07) is 2.43. The number of nitrogens with two attached hydrogens (primary N) is 1. The van der Waals surface area contributed by atoms with E-state index in [0.29, 0.717) is 12.0 Å². The second-order valence-electron chi connectivity index (χ2n) is 6.55. The molecule has 0 unspecified atom stereocenters. The molecule has 0 saturated heterocycles. The number of imidazole rings is 1. The molecule has 6 heteroatoms. The van der Waals surface area contributed by atoms with Crippen LogP contribution in [0.2, 0.25) is 0 Å². The van der Waals surface area contributed by atoms with Crippen molar-refractivity contribution >= 4 is 32.6 Å². The molecule has 0 aromatic carbocycles. The van der Waals surface area contributed by atoms with E-state index in [2.05, 4.69) is 19.9 Å². The number of aliphatic hydroxyl groups is 1. The molecule has 0 amide bonds. The van der Waals surface area contributed by atoms with Crippen LogP contribution in [0.4, 0.5) is 0 Å². The molecule has 23 heavy (non-hydrogen) atoms.